The second-order valence-electron chi connectivity index (χ2n) is 12.3. The van der Waals surface area contributed by atoms with Crippen LogP contribution in [-0.4, -0.2) is 43.3 Å². The standard InChI is InChI=1S/C36H40N4O5S.ClH/c1-25-9-17-32(18-10-25)46(43,44)39-30-14-13-28-19-20-40(23-29(28)22-30)34(41)33(38-35(42)36(2,3)37)21-26-11-15-31(16-12-26)45-24-27-7-5-4-6-8-27;/h4-18,22,33,39H,19-21,23-24,37H2,1-3H3,(H,38,42);1H. The van der Waals surface area contributed by atoms with Gasteiger partial charge in [-0.25, -0.2) is 8.42 Å². The third-order valence-electron chi connectivity index (χ3n) is 7.91. The van der Waals surface area contributed by atoms with E-state index < -0.39 is 27.5 Å². The third-order valence-corrected chi connectivity index (χ3v) is 9.31. The first-order valence-electron chi connectivity index (χ1n) is 15.2. The number of nitrogens with one attached hydrogen (secondary N) is 2. The van der Waals surface area contributed by atoms with Gasteiger partial charge in [-0.15, -0.1) is 12.4 Å². The number of rotatable bonds is 11. The van der Waals surface area contributed by atoms with Crippen molar-refractivity contribution in [3.8, 4) is 5.75 Å². The number of anilines is 1. The molecule has 11 heteroatoms. The molecule has 0 spiro atoms. The van der Waals surface area contributed by atoms with Crippen molar-refractivity contribution in [1.29, 1.82) is 0 Å². The fraction of sp³-hybridized carbons (Fsp3) is 0.278. The molecule has 2 amide bonds. The van der Waals surface area contributed by atoms with Crippen LogP contribution in [0.5, 0.6) is 5.75 Å². The summed E-state index contributed by atoms with van der Waals surface area (Å²) in [5.74, 6) is 0.0289. The van der Waals surface area contributed by atoms with E-state index in [4.69, 9.17) is 10.5 Å². The predicted molar refractivity (Wildman–Crippen MR) is 186 cm³/mol. The fourth-order valence-electron chi connectivity index (χ4n) is 5.20. The van der Waals surface area contributed by atoms with Gasteiger partial charge in [-0.05, 0) is 85.8 Å². The Morgan fingerprint density at radius 2 is 1.60 bits per heavy atom. The molecular weight excluding hydrogens is 636 g/mol. The Kier molecular flexibility index (Phi) is 11.3. The second-order valence-corrected chi connectivity index (χ2v) is 14.0. The number of carbonyl (C=O) groups is 2. The van der Waals surface area contributed by atoms with Gasteiger partial charge in [-0.3, -0.25) is 14.3 Å². The van der Waals surface area contributed by atoms with E-state index in [0.717, 1.165) is 27.8 Å². The molecule has 1 atom stereocenters. The summed E-state index contributed by atoms with van der Waals surface area (Å²) in [6.07, 6.45) is 0.863. The number of hydrogen-bond acceptors (Lipinski definition) is 6. The van der Waals surface area contributed by atoms with Crippen molar-refractivity contribution in [2.24, 2.45) is 5.73 Å². The summed E-state index contributed by atoms with van der Waals surface area (Å²) < 4.78 is 34.5. The highest BCUT2D eigenvalue weighted by Gasteiger charge is 2.32. The van der Waals surface area contributed by atoms with Gasteiger partial charge in [-0.1, -0.05) is 66.2 Å². The lowest BCUT2D eigenvalue weighted by molar-refractivity contribution is -0.138. The number of fused-ring (bicyclic) bond motifs is 1. The fourth-order valence-corrected chi connectivity index (χ4v) is 6.25. The monoisotopic (exact) mass is 676 g/mol. The van der Waals surface area contributed by atoms with Crippen LogP contribution in [0.1, 0.15) is 41.7 Å². The average molecular weight is 677 g/mol. The minimum Gasteiger partial charge on any atom is -0.489 e. The number of aryl methyl sites for hydroxylation is 1. The van der Waals surface area contributed by atoms with Gasteiger partial charge in [0.05, 0.1) is 10.4 Å². The van der Waals surface area contributed by atoms with Crippen LogP contribution < -0.4 is 20.5 Å². The Balaban J connectivity index is 0.00000500. The highest BCUT2D eigenvalue weighted by atomic mass is 35.5. The van der Waals surface area contributed by atoms with Crippen molar-refractivity contribution in [2.45, 2.75) is 63.2 Å². The van der Waals surface area contributed by atoms with E-state index in [-0.39, 0.29) is 36.2 Å². The summed E-state index contributed by atoms with van der Waals surface area (Å²) in [7, 11) is -3.78. The number of hydrogen-bond donors (Lipinski definition) is 3. The largest absolute Gasteiger partial charge is 0.489 e. The van der Waals surface area contributed by atoms with Crippen LogP contribution in [0.25, 0.3) is 0 Å². The lowest BCUT2D eigenvalue weighted by atomic mass is 9.97. The van der Waals surface area contributed by atoms with Gasteiger partial charge in [0.2, 0.25) is 11.8 Å². The number of nitrogens with zero attached hydrogens (tertiary/aromatic N) is 1. The zero-order chi connectivity index (χ0) is 32.9. The first-order valence-corrected chi connectivity index (χ1v) is 16.7. The number of amides is 2. The number of nitrogens with two attached hydrogens (primary N) is 1. The molecule has 0 radical (unpaired) electrons. The van der Waals surface area contributed by atoms with E-state index in [9.17, 15) is 18.0 Å². The molecule has 0 aliphatic carbocycles. The quantitative estimate of drug-likeness (QED) is 0.202. The van der Waals surface area contributed by atoms with E-state index >= 15 is 0 Å². The van der Waals surface area contributed by atoms with Crippen LogP contribution in [0.3, 0.4) is 0 Å². The maximum Gasteiger partial charge on any atom is 0.261 e. The zero-order valence-corrected chi connectivity index (χ0v) is 28.4. The van der Waals surface area contributed by atoms with E-state index in [2.05, 4.69) is 10.0 Å². The summed E-state index contributed by atoms with van der Waals surface area (Å²) in [5, 5.41) is 2.87. The van der Waals surface area contributed by atoms with E-state index in [0.29, 0.717) is 31.0 Å². The summed E-state index contributed by atoms with van der Waals surface area (Å²) in [4.78, 5) is 28.8. The molecule has 1 unspecified atom stereocenters. The summed E-state index contributed by atoms with van der Waals surface area (Å²) in [6.45, 7) is 6.27. The SMILES string of the molecule is Cc1ccc(S(=O)(=O)Nc2ccc3c(c2)CN(C(=O)C(Cc2ccc(OCc4ccccc4)cc2)NC(=O)C(C)(C)N)CC3)cc1.Cl. The second kappa shape index (κ2) is 15.0. The zero-order valence-electron chi connectivity index (χ0n) is 26.7. The van der Waals surface area contributed by atoms with Gasteiger partial charge in [0.15, 0.2) is 0 Å². The molecular formula is C36H41ClN4O5S. The Morgan fingerprint density at radius 1 is 0.915 bits per heavy atom. The van der Waals surface area contributed by atoms with Crippen molar-refractivity contribution in [3.63, 3.8) is 0 Å². The summed E-state index contributed by atoms with van der Waals surface area (Å²) >= 11 is 0. The molecule has 5 rings (SSSR count). The predicted octanol–water partition coefficient (Wildman–Crippen LogP) is 5.15. The number of sulfonamides is 1. The minimum atomic E-state index is -3.78. The van der Waals surface area contributed by atoms with Crippen molar-refractivity contribution in [2.75, 3.05) is 11.3 Å². The van der Waals surface area contributed by atoms with Crippen molar-refractivity contribution in [3.05, 3.63) is 125 Å². The van der Waals surface area contributed by atoms with E-state index in [1.54, 1.807) is 55.1 Å². The molecule has 4 aromatic carbocycles. The number of carbonyl (C=O) groups excluding carboxylic acids is 2. The lowest BCUT2D eigenvalue weighted by Gasteiger charge is -2.33. The van der Waals surface area contributed by atoms with Crippen LogP contribution in [0.2, 0.25) is 0 Å². The first kappa shape index (κ1) is 35.5. The molecule has 0 saturated heterocycles. The van der Waals surface area contributed by atoms with Crippen molar-refractivity contribution in [1.82, 2.24) is 10.2 Å². The molecule has 0 bridgehead atoms. The number of benzene rings is 4. The third kappa shape index (κ3) is 9.34. The molecule has 1 aliphatic heterocycles. The molecule has 1 aliphatic rings. The maximum atomic E-state index is 14.0. The minimum absolute atomic E-state index is 0. The van der Waals surface area contributed by atoms with Crippen LogP contribution in [0.15, 0.2) is 102 Å². The van der Waals surface area contributed by atoms with E-state index in [1.165, 1.54) is 0 Å². The van der Waals surface area contributed by atoms with Gasteiger partial charge in [0.25, 0.3) is 10.0 Å². The van der Waals surface area contributed by atoms with Gasteiger partial charge < -0.3 is 20.7 Å². The van der Waals surface area contributed by atoms with E-state index in [1.807, 2.05) is 67.6 Å². The lowest BCUT2D eigenvalue weighted by Crippen LogP contribution is -2.57. The molecule has 9 nitrogen and oxygen atoms in total. The van der Waals surface area contributed by atoms with Crippen LogP contribution in [0.4, 0.5) is 5.69 Å². The topological polar surface area (TPSA) is 131 Å². The van der Waals surface area contributed by atoms with Crippen molar-refractivity contribution >= 4 is 39.9 Å². The Hall–Kier alpha value is -4.38. The Bertz CT molecular complexity index is 1790. The molecule has 4 aromatic rings. The average Bonchev–Trinajstić information content (AvgIpc) is 3.03. The molecule has 248 valence electrons. The Morgan fingerprint density at radius 3 is 2.26 bits per heavy atom. The maximum absolute atomic E-state index is 14.0. The first-order chi connectivity index (χ1) is 21.9. The highest BCUT2D eigenvalue weighted by molar-refractivity contribution is 7.92. The smallest absolute Gasteiger partial charge is 0.261 e. The van der Waals surface area contributed by atoms with Gasteiger partial charge in [0, 0.05) is 25.2 Å². The number of halogens is 1. The normalized spacial score (nSPS) is 13.5. The van der Waals surface area contributed by atoms with Gasteiger partial charge in [0.1, 0.15) is 18.4 Å². The molecule has 0 aromatic heterocycles. The molecule has 4 N–H and O–H groups in total. The van der Waals surface area contributed by atoms with Gasteiger partial charge >= 0.3 is 0 Å². The number of ether oxygens (including phenoxy) is 1. The summed E-state index contributed by atoms with van der Waals surface area (Å²) in [5.41, 5.74) is 10.1. The molecule has 0 fully saturated rings. The molecule has 0 saturated carbocycles. The van der Waals surface area contributed by atoms with Crippen LogP contribution in [0, 0.1) is 6.92 Å². The molecule has 1 heterocycles. The molecule has 47 heavy (non-hydrogen) atoms. The Labute approximate surface area is 283 Å². The highest BCUT2D eigenvalue weighted by Crippen LogP contribution is 2.26. The summed E-state index contributed by atoms with van der Waals surface area (Å²) in [6, 6.07) is 28.5. The van der Waals surface area contributed by atoms with Crippen LogP contribution >= 0.6 is 12.4 Å². The van der Waals surface area contributed by atoms with Crippen LogP contribution in [-0.2, 0) is 45.6 Å². The van der Waals surface area contributed by atoms with Crippen molar-refractivity contribution < 1.29 is 22.7 Å². The van der Waals surface area contributed by atoms with Gasteiger partial charge in [-0.2, -0.15) is 0 Å².